The third-order valence-electron chi connectivity index (χ3n) is 6.79. The van der Waals surface area contributed by atoms with Gasteiger partial charge in [-0.15, -0.1) is 5.10 Å². The average Bonchev–Trinajstić information content (AvgIpc) is 3.33. The summed E-state index contributed by atoms with van der Waals surface area (Å²) in [6.07, 6.45) is 5.76. The van der Waals surface area contributed by atoms with Crippen molar-refractivity contribution in [2.24, 2.45) is 0 Å². The van der Waals surface area contributed by atoms with Crippen molar-refractivity contribution >= 4 is 38.6 Å². The van der Waals surface area contributed by atoms with Crippen molar-refractivity contribution in [1.82, 2.24) is 29.3 Å². The molecule has 4 aromatic rings. The van der Waals surface area contributed by atoms with Crippen LogP contribution in [0.2, 0.25) is 5.02 Å². The Kier molecular flexibility index (Phi) is 5.66. The molecule has 0 N–H and O–H groups in total. The Morgan fingerprint density at radius 3 is 2.37 bits per heavy atom. The molecule has 35 heavy (non-hydrogen) atoms. The molecule has 0 bridgehead atoms. The molecule has 0 saturated carbocycles. The molecular weight excluding hydrogens is 486 g/mol. The molecule has 180 valence electrons. The second-order valence-corrected chi connectivity index (χ2v) is 11.3. The van der Waals surface area contributed by atoms with Crippen molar-refractivity contribution in [3.05, 3.63) is 64.9 Å². The highest BCUT2D eigenvalue weighted by Crippen LogP contribution is 2.28. The van der Waals surface area contributed by atoms with Gasteiger partial charge in [-0.1, -0.05) is 22.9 Å². The number of anilines is 1. The van der Waals surface area contributed by atoms with E-state index in [2.05, 4.69) is 20.3 Å². The van der Waals surface area contributed by atoms with Crippen molar-refractivity contribution in [1.29, 1.82) is 0 Å². The van der Waals surface area contributed by atoms with Crippen LogP contribution in [-0.4, -0.2) is 63.9 Å². The first kappa shape index (κ1) is 22.4. The maximum atomic E-state index is 13.4. The number of sulfonamides is 1. The number of fused-ring (bicyclic) bond motifs is 2. The first-order valence-electron chi connectivity index (χ1n) is 11.7. The lowest BCUT2D eigenvalue weighted by Crippen LogP contribution is -2.49. The van der Waals surface area contributed by atoms with Gasteiger partial charge in [-0.25, -0.2) is 18.4 Å². The van der Waals surface area contributed by atoms with Crippen molar-refractivity contribution < 1.29 is 8.42 Å². The fourth-order valence-corrected chi connectivity index (χ4v) is 6.48. The summed E-state index contributed by atoms with van der Waals surface area (Å²) >= 11 is 6.01. The van der Waals surface area contributed by atoms with Crippen LogP contribution < -0.4 is 4.90 Å². The smallest absolute Gasteiger partial charge is 0.243 e. The molecule has 0 atom stereocenters. The Balaban J connectivity index is 1.22. The standard InChI is InChI=1S/C24H24ClN7O2S/c25-19-6-8-20(9-7-19)32-24-22(28-29-32)23(26-16-27-24)30-11-13-31(14-12-30)35(33,34)21-10-5-17-3-1-2-4-18(17)15-21/h5-10,15-16H,1-4,11-14H2. The highest BCUT2D eigenvalue weighted by molar-refractivity contribution is 7.89. The molecule has 1 fully saturated rings. The third kappa shape index (κ3) is 4.05. The van der Waals surface area contributed by atoms with E-state index in [0.717, 1.165) is 24.9 Å². The number of halogens is 1. The zero-order chi connectivity index (χ0) is 24.0. The largest absolute Gasteiger partial charge is 0.352 e. The van der Waals surface area contributed by atoms with Gasteiger partial charge in [0.25, 0.3) is 0 Å². The quantitative estimate of drug-likeness (QED) is 0.416. The van der Waals surface area contributed by atoms with E-state index in [4.69, 9.17) is 11.6 Å². The normalized spacial score (nSPS) is 17.0. The van der Waals surface area contributed by atoms with Gasteiger partial charge in [-0.3, -0.25) is 0 Å². The highest BCUT2D eigenvalue weighted by Gasteiger charge is 2.31. The van der Waals surface area contributed by atoms with Crippen molar-refractivity contribution in [3.8, 4) is 5.69 Å². The molecule has 0 amide bonds. The van der Waals surface area contributed by atoms with Gasteiger partial charge in [0.15, 0.2) is 17.0 Å². The van der Waals surface area contributed by atoms with Crippen molar-refractivity contribution in [2.45, 2.75) is 30.6 Å². The van der Waals surface area contributed by atoms with E-state index in [9.17, 15) is 8.42 Å². The Hall–Kier alpha value is -3.08. The molecule has 1 aliphatic heterocycles. The molecule has 2 aromatic carbocycles. The summed E-state index contributed by atoms with van der Waals surface area (Å²) in [5.41, 5.74) is 4.40. The number of piperazine rings is 1. The summed E-state index contributed by atoms with van der Waals surface area (Å²) < 4.78 is 29.9. The Morgan fingerprint density at radius 2 is 1.60 bits per heavy atom. The van der Waals surface area contributed by atoms with Gasteiger partial charge in [0.05, 0.1) is 10.6 Å². The summed E-state index contributed by atoms with van der Waals surface area (Å²) in [7, 11) is -3.55. The molecule has 9 nitrogen and oxygen atoms in total. The van der Waals surface area contributed by atoms with Gasteiger partial charge in [0, 0.05) is 31.2 Å². The van der Waals surface area contributed by atoms with E-state index in [1.165, 1.54) is 23.9 Å². The van der Waals surface area contributed by atoms with E-state index in [1.807, 2.05) is 29.2 Å². The lowest BCUT2D eigenvalue weighted by atomic mass is 9.92. The zero-order valence-electron chi connectivity index (χ0n) is 19.0. The molecule has 11 heteroatoms. The first-order valence-corrected chi connectivity index (χ1v) is 13.5. The molecule has 1 saturated heterocycles. The van der Waals surface area contributed by atoms with Gasteiger partial charge in [-0.2, -0.15) is 8.99 Å². The number of rotatable bonds is 4. The van der Waals surface area contributed by atoms with Crippen LogP contribution >= 0.6 is 11.6 Å². The summed E-state index contributed by atoms with van der Waals surface area (Å²) in [6, 6.07) is 12.9. The summed E-state index contributed by atoms with van der Waals surface area (Å²) in [5, 5.41) is 9.23. The van der Waals surface area contributed by atoms with Crippen LogP contribution in [-0.2, 0) is 22.9 Å². The number of aromatic nitrogens is 5. The Labute approximate surface area is 208 Å². The maximum absolute atomic E-state index is 13.4. The van der Waals surface area contributed by atoms with Crippen LogP contribution in [0.4, 0.5) is 5.82 Å². The molecule has 0 spiro atoms. The van der Waals surface area contributed by atoms with E-state index in [-0.39, 0.29) is 0 Å². The summed E-state index contributed by atoms with van der Waals surface area (Å²) in [6.45, 7) is 1.75. The Morgan fingerprint density at radius 1 is 0.857 bits per heavy atom. The predicted molar refractivity (Wildman–Crippen MR) is 134 cm³/mol. The average molecular weight is 510 g/mol. The molecule has 0 radical (unpaired) electrons. The van der Waals surface area contributed by atoms with Gasteiger partial charge in [0.2, 0.25) is 10.0 Å². The van der Waals surface area contributed by atoms with Crippen LogP contribution in [0.5, 0.6) is 0 Å². The molecule has 2 aromatic heterocycles. The molecular formula is C24H24ClN7O2S. The van der Waals surface area contributed by atoms with Crippen molar-refractivity contribution in [3.63, 3.8) is 0 Å². The fraction of sp³-hybridized carbons (Fsp3) is 0.333. The van der Waals surface area contributed by atoms with Gasteiger partial charge in [-0.05, 0) is 73.2 Å². The molecule has 6 rings (SSSR count). The van der Waals surface area contributed by atoms with Crippen LogP contribution in [0.25, 0.3) is 16.9 Å². The van der Waals surface area contributed by atoms with E-state index in [1.54, 1.807) is 27.2 Å². The van der Waals surface area contributed by atoms with E-state index < -0.39 is 10.0 Å². The number of hydrogen-bond acceptors (Lipinski definition) is 7. The van der Waals surface area contributed by atoms with E-state index >= 15 is 0 Å². The minimum atomic E-state index is -3.55. The number of nitrogens with zero attached hydrogens (tertiary/aromatic N) is 7. The molecule has 1 aliphatic carbocycles. The van der Waals surface area contributed by atoms with Gasteiger partial charge < -0.3 is 4.90 Å². The number of aryl methyl sites for hydroxylation is 2. The lowest BCUT2D eigenvalue weighted by molar-refractivity contribution is 0.384. The number of benzene rings is 2. The van der Waals surface area contributed by atoms with Crippen LogP contribution in [0.1, 0.15) is 24.0 Å². The summed E-state index contributed by atoms with van der Waals surface area (Å²) in [5.74, 6) is 0.654. The topological polar surface area (TPSA) is 97.1 Å². The lowest BCUT2D eigenvalue weighted by Gasteiger charge is -2.34. The van der Waals surface area contributed by atoms with Crippen molar-refractivity contribution in [2.75, 3.05) is 31.1 Å². The monoisotopic (exact) mass is 509 g/mol. The first-order chi connectivity index (χ1) is 17.0. The van der Waals surface area contributed by atoms with Gasteiger partial charge in [0.1, 0.15) is 6.33 Å². The van der Waals surface area contributed by atoms with Crippen LogP contribution in [0.3, 0.4) is 0 Å². The SMILES string of the molecule is O=S(=O)(c1ccc2c(c1)CCCC2)N1CCN(c2ncnc3c2nnn3-c2ccc(Cl)cc2)CC1. The summed E-state index contributed by atoms with van der Waals surface area (Å²) in [4.78, 5) is 11.3. The maximum Gasteiger partial charge on any atom is 0.243 e. The Bertz CT molecular complexity index is 1500. The zero-order valence-corrected chi connectivity index (χ0v) is 20.6. The van der Waals surface area contributed by atoms with E-state index in [0.29, 0.717) is 53.1 Å². The predicted octanol–water partition coefficient (Wildman–Crippen LogP) is 3.25. The molecule has 3 heterocycles. The second kappa shape index (κ2) is 8.85. The number of hydrogen-bond donors (Lipinski definition) is 0. The second-order valence-electron chi connectivity index (χ2n) is 8.88. The molecule has 2 aliphatic rings. The van der Waals surface area contributed by atoms with Gasteiger partial charge >= 0.3 is 0 Å². The molecule has 0 unspecified atom stereocenters. The third-order valence-corrected chi connectivity index (χ3v) is 8.93. The minimum absolute atomic E-state index is 0.371. The fourth-order valence-electron chi connectivity index (χ4n) is 4.88. The van der Waals surface area contributed by atoms with Crippen LogP contribution in [0.15, 0.2) is 53.7 Å². The minimum Gasteiger partial charge on any atom is -0.352 e. The highest BCUT2D eigenvalue weighted by atomic mass is 35.5. The van der Waals surface area contributed by atoms with Crippen LogP contribution in [0, 0.1) is 0 Å².